The van der Waals surface area contributed by atoms with Gasteiger partial charge in [0.15, 0.2) is 0 Å². The third-order valence-corrected chi connectivity index (χ3v) is 5.76. The van der Waals surface area contributed by atoms with Crippen molar-refractivity contribution in [3.8, 4) is 5.88 Å². The van der Waals surface area contributed by atoms with Gasteiger partial charge in [0.2, 0.25) is 5.88 Å². The third kappa shape index (κ3) is 2.33. The summed E-state index contributed by atoms with van der Waals surface area (Å²) in [5, 5.41) is 9.18. The molecule has 0 amide bonds. The van der Waals surface area contributed by atoms with Crippen LogP contribution < -0.4 is 9.04 Å². The van der Waals surface area contributed by atoms with Crippen molar-refractivity contribution in [2.75, 3.05) is 17.5 Å². The number of sulfonamides is 1. The Bertz CT molecular complexity index is 888. The van der Waals surface area contributed by atoms with E-state index in [-0.39, 0.29) is 29.6 Å². The Morgan fingerprint density at radius 2 is 2.17 bits per heavy atom. The monoisotopic (exact) mass is 337 g/mol. The van der Waals surface area contributed by atoms with Crippen molar-refractivity contribution in [2.24, 2.45) is 7.05 Å². The van der Waals surface area contributed by atoms with E-state index in [0.717, 1.165) is 0 Å². The van der Waals surface area contributed by atoms with Gasteiger partial charge in [0, 0.05) is 18.9 Å². The van der Waals surface area contributed by atoms with Crippen LogP contribution in [0.1, 0.15) is 16.2 Å². The van der Waals surface area contributed by atoms with Crippen molar-refractivity contribution in [3.63, 3.8) is 0 Å². The molecule has 0 bridgehead atoms. The van der Waals surface area contributed by atoms with Crippen LogP contribution in [0.2, 0.25) is 0 Å². The largest absolute Gasteiger partial charge is 0.477 e. The van der Waals surface area contributed by atoms with Crippen molar-refractivity contribution in [3.05, 3.63) is 35.8 Å². The third-order valence-electron chi connectivity index (χ3n) is 3.83. The number of pyridine rings is 1. The van der Waals surface area contributed by atoms with Gasteiger partial charge in [0.05, 0.1) is 6.54 Å². The van der Waals surface area contributed by atoms with Gasteiger partial charge in [0.25, 0.3) is 10.0 Å². The Labute approximate surface area is 133 Å². The fraction of sp³-hybridized carbons (Fsp3) is 0.286. The summed E-state index contributed by atoms with van der Waals surface area (Å²) in [5.74, 6) is -0.935. The molecule has 0 saturated heterocycles. The van der Waals surface area contributed by atoms with E-state index in [1.54, 1.807) is 19.1 Å². The molecule has 0 spiro atoms. The molecule has 0 saturated carbocycles. The molecule has 0 unspecified atom stereocenters. The van der Waals surface area contributed by atoms with Gasteiger partial charge in [0.1, 0.15) is 22.9 Å². The minimum atomic E-state index is -3.91. The first-order chi connectivity index (χ1) is 10.8. The number of fused-ring (bicyclic) bond motifs is 1. The van der Waals surface area contributed by atoms with Gasteiger partial charge in [-0.2, -0.15) is 0 Å². The average molecular weight is 337 g/mol. The summed E-state index contributed by atoms with van der Waals surface area (Å²) in [5.41, 5.74) is 0.624. The smallest absolute Gasteiger partial charge is 0.352 e. The highest BCUT2D eigenvalue weighted by Gasteiger charge is 2.34. The van der Waals surface area contributed by atoms with E-state index in [9.17, 15) is 18.3 Å². The summed E-state index contributed by atoms with van der Waals surface area (Å²) in [6, 6.07) is 4.41. The van der Waals surface area contributed by atoms with Crippen LogP contribution in [0.5, 0.6) is 5.88 Å². The molecule has 8 nitrogen and oxygen atoms in total. The standard InChI is InChI=1S/C14H15N3O5S/c1-9-12(8-11(14(18)19)16(9)2)23(20,21)17-6-7-22-13-10(17)4-3-5-15-13/h3-5,8H,6-7H2,1-2H3,(H,18,19). The van der Waals surface area contributed by atoms with E-state index in [4.69, 9.17) is 4.74 Å². The van der Waals surface area contributed by atoms with Crippen molar-refractivity contribution < 1.29 is 23.1 Å². The second-order valence-corrected chi connectivity index (χ2v) is 6.93. The predicted octanol–water partition coefficient (Wildman–Crippen LogP) is 1.01. The first-order valence-electron chi connectivity index (χ1n) is 6.84. The predicted molar refractivity (Wildman–Crippen MR) is 81.4 cm³/mol. The topological polar surface area (TPSA) is 102 Å². The van der Waals surface area contributed by atoms with Gasteiger partial charge in [-0.25, -0.2) is 18.2 Å². The molecule has 2 aromatic rings. The minimum Gasteiger partial charge on any atom is -0.477 e. The summed E-state index contributed by atoms with van der Waals surface area (Å²) in [6.45, 7) is 1.89. The SMILES string of the molecule is Cc1c(S(=O)(=O)N2CCOc3ncccc32)cc(C(=O)O)n1C. The van der Waals surface area contributed by atoms with Crippen molar-refractivity contribution >= 4 is 21.7 Å². The number of ether oxygens (including phenoxy) is 1. The van der Waals surface area contributed by atoms with Gasteiger partial charge < -0.3 is 14.4 Å². The lowest BCUT2D eigenvalue weighted by atomic mass is 10.3. The molecule has 0 atom stereocenters. The molecular weight excluding hydrogens is 322 g/mol. The number of aromatic carboxylic acids is 1. The van der Waals surface area contributed by atoms with Gasteiger partial charge in [-0.1, -0.05) is 0 Å². The zero-order valence-electron chi connectivity index (χ0n) is 12.6. The number of hydrogen-bond acceptors (Lipinski definition) is 5. The molecule has 3 heterocycles. The molecule has 0 aliphatic carbocycles. The summed E-state index contributed by atoms with van der Waals surface area (Å²) in [7, 11) is -2.39. The molecular formula is C14H15N3O5S. The zero-order chi connectivity index (χ0) is 16.8. The van der Waals surface area contributed by atoms with Crippen molar-refractivity contribution in [1.29, 1.82) is 0 Å². The van der Waals surface area contributed by atoms with Crippen LogP contribution >= 0.6 is 0 Å². The van der Waals surface area contributed by atoms with E-state index in [2.05, 4.69) is 4.98 Å². The lowest BCUT2D eigenvalue weighted by Gasteiger charge is -2.29. The van der Waals surface area contributed by atoms with Crippen LogP contribution in [0, 0.1) is 6.92 Å². The zero-order valence-corrected chi connectivity index (χ0v) is 13.4. The number of rotatable bonds is 3. The molecule has 9 heteroatoms. The van der Waals surface area contributed by atoms with Crippen LogP contribution in [0.25, 0.3) is 0 Å². The highest BCUT2D eigenvalue weighted by molar-refractivity contribution is 7.92. The molecule has 1 N–H and O–H groups in total. The Balaban J connectivity index is 2.14. The van der Waals surface area contributed by atoms with Gasteiger partial charge >= 0.3 is 5.97 Å². The van der Waals surface area contributed by atoms with E-state index in [0.29, 0.717) is 11.4 Å². The number of anilines is 1. The Morgan fingerprint density at radius 3 is 2.83 bits per heavy atom. The molecule has 0 radical (unpaired) electrons. The van der Waals surface area contributed by atoms with E-state index >= 15 is 0 Å². The second kappa shape index (κ2) is 5.27. The minimum absolute atomic E-state index is 0.0332. The maximum Gasteiger partial charge on any atom is 0.352 e. The number of hydrogen-bond donors (Lipinski definition) is 1. The molecule has 1 aliphatic rings. The van der Waals surface area contributed by atoms with Gasteiger partial charge in [-0.3, -0.25) is 4.31 Å². The molecule has 23 heavy (non-hydrogen) atoms. The Kier molecular flexibility index (Phi) is 3.52. The first kappa shape index (κ1) is 15.3. The Hall–Kier alpha value is -2.55. The van der Waals surface area contributed by atoms with Crippen LogP contribution in [-0.2, 0) is 17.1 Å². The highest BCUT2D eigenvalue weighted by atomic mass is 32.2. The average Bonchev–Trinajstić information content (AvgIpc) is 2.83. The quantitative estimate of drug-likeness (QED) is 0.897. The van der Waals surface area contributed by atoms with E-state index < -0.39 is 16.0 Å². The first-order valence-corrected chi connectivity index (χ1v) is 8.28. The number of carbonyl (C=O) groups is 1. The maximum atomic E-state index is 13.0. The van der Waals surface area contributed by atoms with Crippen molar-refractivity contribution in [2.45, 2.75) is 11.8 Å². The summed E-state index contributed by atoms with van der Waals surface area (Å²) < 4.78 is 33.9. The molecule has 2 aromatic heterocycles. The fourth-order valence-corrected chi connectivity index (χ4v) is 4.26. The summed E-state index contributed by atoms with van der Waals surface area (Å²) >= 11 is 0. The normalized spacial score (nSPS) is 14.3. The summed E-state index contributed by atoms with van der Waals surface area (Å²) in [6.07, 6.45) is 1.52. The Morgan fingerprint density at radius 1 is 1.43 bits per heavy atom. The lowest BCUT2D eigenvalue weighted by molar-refractivity contribution is 0.0686. The lowest BCUT2D eigenvalue weighted by Crippen LogP contribution is -2.38. The number of nitrogens with zero attached hydrogens (tertiary/aromatic N) is 3. The number of carboxylic acid groups (broad SMARTS) is 1. The van der Waals surface area contributed by atoms with Crippen LogP contribution in [-0.4, -0.2) is 42.2 Å². The molecule has 122 valence electrons. The van der Waals surface area contributed by atoms with E-state index in [1.807, 2.05) is 0 Å². The molecule has 1 aliphatic heterocycles. The number of aromatic nitrogens is 2. The van der Waals surface area contributed by atoms with Crippen LogP contribution in [0.3, 0.4) is 0 Å². The van der Waals surface area contributed by atoms with Crippen LogP contribution in [0.4, 0.5) is 5.69 Å². The van der Waals surface area contributed by atoms with Gasteiger partial charge in [-0.15, -0.1) is 0 Å². The number of carboxylic acids is 1. The van der Waals surface area contributed by atoms with Crippen LogP contribution in [0.15, 0.2) is 29.3 Å². The van der Waals surface area contributed by atoms with Crippen molar-refractivity contribution in [1.82, 2.24) is 9.55 Å². The molecule has 0 fully saturated rings. The maximum absolute atomic E-state index is 13.0. The van der Waals surface area contributed by atoms with Gasteiger partial charge in [-0.05, 0) is 25.1 Å². The highest BCUT2D eigenvalue weighted by Crippen LogP contribution is 2.34. The fourth-order valence-electron chi connectivity index (χ4n) is 2.54. The van der Waals surface area contributed by atoms with E-state index in [1.165, 1.54) is 28.2 Å². The second-order valence-electron chi connectivity index (χ2n) is 5.10. The summed E-state index contributed by atoms with van der Waals surface area (Å²) in [4.78, 5) is 15.2. The molecule has 0 aromatic carbocycles. The molecule has 3 rings (SSSR count).